The summed E-state index contributed by atoms with van der Waals surface area (Å²) in [6, 6.07) is 0. The van der Waals surface area contributed by atoms with E-state index < -0.39 is 4.92 Å². The molecule has 0 aliphatic carbocycles. The van der Waals surface area contributed by atoms with Gasteiger partial charge in [-0.2, -0.15) is 9.55 Å². The number of nitro groups is 1. The molecule has 2 heterocycles. The Morgan fingerprint density at radius 3 is 3.00 bits per heavy atom. The van der Waals surface area contributed by atoms with E-state index >= 15 is 0 Å². The maximum absolute atomic E-state index is 10.7. The first-order valence-corrected chi connectivity index (χ1v) is 5.32. The van der Waals surface area contributed by atoms with Crippen LogP contribution in [0, 0.1) is 10.1 Å². The van der Waals surface area contributed by atoms with E-state index in [0.29, 0.717) is 5.95 Å². The summed E-state index contributed by atoms with van der Waals surface area (Å²) in [5, 5.41) is 14.0. The van der Waals surface area contributed by atoms with E-state index in [1.54, 1.807) is 7.05 Å². The van der Waals surface area contributed by atoms with Crippen LogP contribution in [0.5, 0.6) is 0 Å². The summed E-state index contributed by atoms with van der Waals surface area (Å²) in [5.74, 6) is 0.711. The molecule has 2 rings (SSSR count). The fraction of sp³-hybridized carbons (Fsp3) is 0.667. The molecule has 0 aromatic carbocycles. The van der Waals surface area contributed by atoms with Crippen molar-refractivity contribution in [3.63, 3.8) is 0 Å². The van der Waals surface area contributed by atoms with E-state index in [2.05, 4.69) is 15.2 Å². The fourth-order valence-electron chi connectivity index (χ4n) is 1.90. The lowest BCUT2D eigenvalue weighted by atomic mass is 10.4. The topological polar surface area (TPSA) is 76.2 Å². The molecule has 1 aromatic heterocycles. The third kappa shape index (κ3) is 1.99. The number of hydrogen-bond acceptors (Lipinski definition) is 5. The van der Waals surface area contributed by atoms with Crippen LogP contribution in [0.25, 0.3) is 0 Å². The Kier molecular flexibility index (Phi) is 3.04. The highest BCUT2D eigenvalue weighted by Crippen LogP contribution is 2.19. The number of nitrogens with one attached hydrogen (secondary N) is 1. The van der Waals surface area contributed by atoms with Crippen LogP contribution in [0.1, 0.15) is 6.42 Å². The molecule has 0 bridgehead atoms. The number of rotatable bonds is 2. The van der Waals surface area contributed by atoms with Gasteiger partial charge in [0.05, 0.1) is 7.05 Å². The molecule has 88 valence electrons. The summed E-state index contributed by atoms with van der Waals surface area (Å²) in [6.45, 7) is 3.60. The van der Waals surface area contributed by atoms with Crippen molar-refractivity contribution in [2.24, 2.45) is 7.05 Å². The molecular weight excluding hydrogens is 210 g/mol. The molecule has 0 saturated carbocycles. The molecule has 0 amide bonds. The molecular formula is C9H15N5O2. The van der Waals surface area contributed by atoms with E-state index in [0.717, 1.165) is 32.6 Å². The number of hydrogen-bond donors (Lipinski definition) is 1. The average molecular weight is 225 g/mol. The van der Waals surface area contributed by atoms with Crippen molar-refractivity contribution in [1.82, 2.24) is 14.9 Å². The Hall–Kier alpha value is -1.63. The van der Waals surface area contributed by atoms with Crippen LogP contribution in [0.15, 0.2) is 6.20 Å². The lowest BCUT2D eigenvalue weighted by Gasteiger charge is -2.17. The van der Waals surface area contributed by atoms with Crippen LogP contribution in [0.3, 0.4) is 0 Å². The Balaban J connectivity index is 2.22. The lowest BCUT2D eigenvalue weighted by Crippen LogP contribution is -2.30. The van der Waals surface area contributed by atoms with Crippen LogP contribution in [-0.4, -0.2) is 40.7 Å². The molecule has 0 atom stereocenters. The molecule has 1 aromatic rings. The smallest absolute Gasteiger partial charge is 0.344 e. The van der Waals surface area contributed by atoms with E-state index in [4.69, 9.17) is 0 Å². The summed E-state index contributed by atoms with van der Waals surface area (Å²) in [7, 11) is 1.68. The highest BCUT2D eigenvalue weighted by Gasteiger charge is 2.22. The first kappa shape index (κ1) is 10.9. The zero-order valence-electron chi connectivity index (χ0n) is 9.22. The summed E-state index contributed by atoms with van der Waals surface area (Å²) >= 11 is 0. The summed E-state index contributed by atoms with van der Waals surface area (Å²) in [6.07, 6.45) is 2.34. The molecule has 1 aliphatic rings. The van der Waals surface area contributed by atoms with Gasteiger partial charge in [-0.05, 0) is 17.9 Å². The summed E-state index contributed by atoms with van der Waals surface area (Å²) in [5.41, 5.74) is 0. The van der Waals surface area contributed by atoms with Gasteiger partial charge in [0.1, 0.15) is 6.20 Å². The zero-order chi connectivity index (χ0) is 11.5. The number of imidazole rings is 1. The second kappa shape index (κ2) is 4.48. The monoisotopic (exact) mass is 225 g/mol. The second-order valence-corrected chi connectivity index (χ2v) is 3.82. The maximum atomic E-state index is 10.7. The Bertz CT molecular complexity index is 381. The fourth-order valence-corrected chi connectivity index (χ4v) is 1.90. The maximum Gasteiger partial charge on any atom is 0.344 e. The Morgan fingerprint density at radius 1 is 1.50 bits per heavy atom. The predicted octanol–water partition coefficient (Wildman–Crippen LogP) is 0.128. The van der Waals surface area contributed by atoms with Gasteiger partial charge in [-0.3, -0.25) is 0 Å². The molecule has 7 nitrogen and oxygen atoms in total. The summed E-state index contributed by atoms with van der Waals surface area (Å²) in [4.78, 5) is 16.5. The normalized spacial score (nSPS) is 17.2. The first-order chi connectivity index (χ1) is 7.70. The van der Waals surface area contributed by atoms with Crippen LogP contribution >= 0.6 is 0 Å². The van der Waals surface area contributed by atoms with Crippen molar-refractivity contribution >= 4 is 11.8 Å². The highest BCUT2D eigenvalue weighted by molar-refractivity contribution is 5.38. The minimum atomic E-state index is -0.410. The van der Waals surface area contributed by atoms with Gasteiger partial charge >= 0.3 is 5.82 Å². The largest absolute Gasteiger partial charge is 0.358 e. The minimum absolute atomic E-state index is 0.0345. The number of anilines is 1. The van der Waals surface area contributed by atoms with E-state index in [9.17, 15) is 10.1 Å². The summed E-state index contributed by atoms with van der Waals surface area (Å²) < 4.78 is 1.53. The first-order valence-electron chi connectivity index (χ1n) is 5.32. The van der Waals surface area contributed by atoms with Crippen LogP contribution < -0.4 is 10.2 Å². The zero-order valence-corrected chi connectivity index (χ0v) is 9.22. The standard InChI is InChI=1S/C9H15N5O2/c1-12-8(14(15)16)7-11-9(12)13-5-2-3-10-4-6-13/h7,10H,2-6H2,1H3. The van der Waals surface area contributed by atoms with Gasteiger partial charge in [0.15, 0.2) is 0 Å². The molecule has 1 fully saturated rings. The van der Waals surface area contributed by atoms with E-state index in [1.807, 2.05) is 0 Å². The number of nitrogens with zero attached hydrogens (tertiary/aromatic N) is 4. The third-order valence-electron chi connectivity index (χ3n) is 2.75. The molecule has 1 N–H and O–H groups in total. The van der Waals surface area contributed by atoms with Crippen LogP contribution in [0.4, 0.5) is 11.8 Å². The van der Waals surface area contributed by atoms with Gasteiger partial charge < -0.3 is 20.3 Å². The van der Waals surface area contributed by atoms with Gasteiger partial charge in [0, 0.05) is 19.6 Å². The molecule has 0 radical (unpaired) electrons. The van der Waals surface area contributed by atoms with E-state index in [1.165, 1.54) is 10.8 Å². The molecule has 1 aliphatic heterocycles. The van der Waals surface area contributed by atoms with Crippen molar-refractivity contribution in [1.29, 1.82) is 0 Å². The quantitative estimate of drug-likeness (QED) is 0.572. The Morgan fingerprint density at radius 2 is 2.31 bits per heavy atom. The third-order valence-corrected chi connectivity index (χ3v) is 2.75. The van der Waals surface area contributed by atoms with Crippen molar-refractivity contribution in [2.45, 2.75) is 6.42 Å². The van der Waals surface area contributed by atoms with Gasteiger partial charge in [-0.1, -0.05) is 0 Å². The molecule has 0 spiro atoms. The molecule has 16 heavy (non-hydrogen) atoms. The molecule has 1 saturated heterocycles. The van der Waals surface area contributed by atoms with Gasteiger partial charge in [0.2, 0.25) is 0 Å². The number of aromatic nitrogens is 2. The lowest BCUT2D eigenvalue weighted by molar-refractivity contribution is -0.391. The Labute approximate surface area is 93.2 Å². The van der Waals surface area contributed by atoms with Crippen molar-refractivity contribution in [3.8, 4) is 0 Å². The highest BCUT2D eigenvalue weighted by atomic mass is 16.6. The van der Waals surface area contributed by atoms with Crippen LogP contribution in [-0.2, 0) is 7.05 Å². The van der Waals surface area contributed by atoms with Gasteiger partial charge in [-0.25, -0.2) is 0 Å². The SMILES string of the molecule is Cn1c([N+](=O)[O-])cnc1N1CCCNCC1. The van der Waals surface area contributed by atoms with Crippen molar-refractivity contribution in [3.05, 3.63) is 16.3 Å². The van der Waals surface area contributed by atoms with Crippen molar-refractivity contribution < 1.29 is 4.92 Å². The van der Waals surface area contributed by atoms with Gasteiger partial charge in [0.25, 0.3) is 5.95 Å². The van der Waals surface area contributed by atoms with Gasteiger partial charge in [-0.15, -0.1) is 0 Å². The second-order valence-electron chi connectivity index (χ2n) is 3.82. The molecule has 7 heteroatoms. The van der Waals surface area contributed by atoms with Crippen LogP contribution in [0.2, 0.25) is 0 Å². The van der Waals surface area contributed by atoms with Crippen molar-refractivity contribution in [2.75, 3.05) is 31.1 Å². The average Bonchev–Trinajstić information content (AvgIpc) is 2.50. The molecule has 0 unspecified atom stereocenters. The van der Waals surface area contributed by atoms with E-state index in [-0.39, 0.29) is 5.82 Å². The predicted molar refractivity (Wildman–Crippen MR) is 59.6 cm³/mol. The minimum Gasteiger partial charge on any atom is -0.358 e.